The topological polar surface area (TPSA) is 65.9 Å². The van der Waals surface area contributed by atoms with Gasteiger partial charge >= 0.3 is 6.03 Å². The lowest BCUT2D eigenvalue weighted by atomic mass is 9.97. The number of nitrogens with zero attached hydrogens (tertiary/aromatic N) is 1. The number of likely N-dealkylation sites (tertiary alicyclic amines) is 2. The van der Waals surface area contributed by atoms with Gasteiger partial charge in [0.05, 0.1) is 19.0 Å². The molecule has 164 valence electrons. The van der Waals surface area contributed by atoms with Crippen LogP contribution in [0.4, 0.5) is 10.5 Å². The smallest absolute Gasteiger partial charge is 0.321 e. The maximum absolute atomic E-state index is 12.7. The second-order valence-electron chi connectivity index (χ2n) is 8.75. The van der Waals surface area contributed by atoms with Gasteiger partial charge in [0.2, 0.25) is 5.91 Å². The van der Waals surface area contributed by atoms with Crippen LogP contribution in [0.3, 0.4) is 0 Å². The number of anilines is 1. The minimum atomic E-state index is -0.159. The maximum atomic E-state index is 12.7. The number of urea groups is 1. The lowest BCUT2D eigenvalue weighted by Gasteiger charge is -2.32. The van der Waals surface area contributed by atoms with Crippen molar-refractivity contribution in [3.8, 4) is 0 Å². The number of nitrogens with one attached hydrogen (secondary N) is 3. The quantitative estimate of drug-likeness (QED) is 0.671. The van der Waals surface area contributed by atoms with E-state index in [1.165, 1.54) is 31.5 Å². The first-order valence-electron chi connectivity index (χ1n) is 11.5. The average molecular weight is 422 g/mol. The van der Waals surface area contributed by atoms with Crippen LogP contribution >= 0.6 is 0 Å². The Hall–Kier alpha value is -2.86. The van der Waals surface area contributed by atoms with E-state index in [4.69, 9.17) is 0 Å². The number of piperidine rings is 1. The van der Waals surface area contributed by atoms with Crippen molar-refractivity contribution in [3.05, 3.63) is 65.7 Å². The van der Waals surface area contributed by atoms with E-state index in [1.54, 1.807) is 9.80 Å². The fourth-order valence-corrected chi connectivity index (χ4v) is 4.55. The lowest BCUT2D eigenvalue weighted by Crippen LogP contribution is -3.08. The van der Waals surface area contributed by atoms with Crippen molar-refractivity contribution in [1.29, 1.82) is 0 Å². The van der Waals surface area contributed by atoms with Crippen LogP contribution in [-0.4, -0.2) is 43.0 Å². The van der Waals surface area contributed by atoms with Gasteiger partial charge in [-0.05, 0) is 30.5 Å². The van der Waals surface area contributed by atoms with Gasteiger partial charge in [0, 0.05) is 43.7 Å². The van der Waals surface area contributed by atoms with E-state index in [1.807, 2.05) is 30.3 Å². The predicted molar refractivity (Wildman–Crippen MR) is 122 cm³/mol. The van der Waals surface area contributed by atoms with Gasteiger partial charge in [0.25, 0.3) is 0 Å². The van der Waals surface area contributed by atoms with Crippen LogP contribution in [0.1, 0.15) is 36.8 Å². The largest absolute Gasteiger partial charge is 0.352 e. The monoisotopic (exact) mass is 421 g/mol. The fourth-order valence-electron chi connectivity index (χ4n) is 4.55. The fraction of sp³-hybridized carbons (Fsp3) is 0.440. The highest BCUT2D eigenvalue weighted by molar-refractivity contribution is 5.90. The van der Waals surface area contributed by atoms with Crippen molar-refractivity contribution < 1.29 is 14.5 Å². The third kappa shape index (κ3) is 6.07. The third-order valence-electron chi connectivity index (χ3n) is 6.36. The molecule has 2 aliphatic heterocycles. The number of quaternary nitrogens is 1. The van der Waals surface area contributed by atoms with Crippen molar-refractivity contribution in [3.63, 3.8) is 0 Å². The summed E-state index contributed by atoms with van der Waals surface area (Å²) in [5, 5.41) is 5.98. The van der Waals surface area contributed by atoms with E-state index in [9.17, 15) is 9.59 Å². The van der Waals surface area contributed by atoms with Gasteiger partial charge in [-0.2, -0.15) is 0 Å². The van der Waals surface area contributed by atoms with Crippen molar-refractivity contribution in [2.75, 3.05) is 31.5 Å². The summed E-state index contributed by atoms with van der Waals surface area (Å²) in [5.74, 6) is -0.129. The molecule has 3 N–H and O–H groups in total. The molecule has 0 aromatic heterocycles. The molecule has 31 heavy (non-hydrogen) atoms. The van der Waals surface area contributed by atoms with Gasteiger partial charge < -0.3 is 20.4 Å². The Morgan fingerprint density at radius 3 is 2.39 bits per heavy atom. The molecule has 0 spiro atoms. The van der Waals surface area contributed by atoms with E-state index >= 15 is 0 Å². The second-order valence-corrected chi connectivity index (χ2v) is 8.75. The number of benzene rings is 2. The molecular formula is C25H33N4O2+. The molecule has 6 nitrogen and oxygen atoms in total. The van der Waals surface area contributed by atoms with E-state index in [-0.39, 0.29) is 17.9 Å². The summed E-state index contributed by atoms with van der Waals surface area (Å²) in [5.41, 5.74) is 3.25. The lowest BCUT2D eigenvalue weighted by molar-refractivity contribution is -0.901. The molecule has 0 unspecified atom stereocenters. The summed E-state index contributed by atoms with van der Waals surface area (Å²) in [4.78, 5) is 28.7. The maximum Gasteiger partial charge on any atom is 0.321 e. The van der Waals surface area contributed by atoms with Crippen LogP contribution in [0.2, 0.25) is 0 Å². The molecule has 2 aromatic rings. The Bertz CT molecular complexity index is 863. The first-order valence-corrected chi connectivity index (χ1v) is 11.5. The number of hydrogen-bond acceptors (Lipinski definition) is 2. The van der Waals surface area contributed by atoms with Crippen LogP contribution in [0.25, 0.3) is 0 Å². The van der Waals surface area contributed by atoms with Crippen LogP contribution in [0.15, 0.2) is 54.6 Å². The molecule has 0 bridgehead atoms. The van der Waals surface area contributed by atoms with Gasteiger partial charge in [-0.25, -0.2) is 4.79 Å². The third-order valence-corrected chi connectivity index (χ3v) is 6.36. The summed E-state index contributed by atoms with van der Waals surface area (Å²) >= 11 is 0. The van der Waals surface area contributed by atoms with Gasteiger partial charge in [-0.15, -0.1) is 0 Å². The van der Waals surface area contributed by atoms with Crippen LogP contribution in [0, 0.1) is 5.92 Å². The Morgan fingerprint density at radius 2 is 1.65 bits per heavy atom. The van der Waals surface area contributed by atoms with Crippen molar-refractivity contribution >= 4 is 17.6 Å². The molecule has 2 fully saturated rings. The van der Waals surface area contributed by atoms with Crippen molar-refractivity contribution in [1.82, 2.24) is 10.2 Å². The van der Waals surface area contributed by atoms with E-state index in [0.717, 1.165) is 30.6 Å². The number of rotatable bonds is 6. The molecule has 2 aromatic carbocycles. The first kappa shape index (κ1) is 21.4. The Kier molecular flexibility index (Phi) is 7.20. The SMILES string of the molecule is O=C(NCc1ccc(C[NH+]2CCCC2)cc1)[C@H]1CCCN(C(=O)Nc2ccccc2)C1. The minimum absolute atomic E-state index is 0.0304. The van der Waals surface area contributed by atoms with E-state index in [0.29, 0.717) is 19.6 Å². The minimum Gasteiger partial charge on any atom is -0.352 e. The standard InChI is InChI=1S/C25H32N4O2/c30-24(26-17-20-10-12-21(13-11-20)18-28-14-4-5-15-28)22-7-6-16-29(19-22)25(31)27-23-8-2-1-3-9-23/h1-3,8-13,22H,4-7,14-19H2,(H,26,30)(H,27,31)/p+1/t22-/m0/s1. The van der Waals surface area contributed by atoms with E-state index in [2.05, 4.69) is 34.9 Å². The van der Waals surface area contributed by atoms with Crippen LogP contribution in [0.5, 0.6) is 0 Å². The van der Waals surface area contributed by atoms with Crippen molar-refractivity contribution in [2.45, 2.75) is 38.8 Å². The zero-order valence-corrected chi connectivity index (χ0v) is 18.1. The Labute approximate surface area is 184 Å². The number of hydrogen-bond donors (Lipinski definition) is 3. The number of amides is 3. The number of carbonyl (C=O) groups is 2. The molecule has 2 heterocycles. The molecule has 0 saturated carbocycles. The van der Waals surface area contributed by atoms with Gasteiger partial charge in [-0.3, -0.25) is 4.79 Å². The zero-order chi connectivity index (χ0) is 21.5. The second kappa shape index (κ2) is 10.4. The first-order chi connectivity index (χ1) is 15.2. The molecule has 0 aliphatic carbocycles. The van der Waals surface area contributed by atoms with Crippen LogP contribution < -0.4 is 15.5 Å². The molecule has 6 heteroatoms. The molecule has 0 radical (unpaired) electrons. The number of carbonyl (C=O) groups excluding carboxylic acids is 2. The van der Waals surface area contributed by atoms with E-state index < -0.39 is 0 Å². The van der Waals surface area contributed by atoms with Gasteiger partial charge in [0.15, 0.2) is 0 Å². The summed E-state index contributed by atoms with van der Waals surface area (Å²) in [6.45, 7) is 5.32. The van der Waals surface area contributed by atoms with Gasteiger partial charge in [-0.1, -0.05) is 42.5 Å². The molecule has 2 saturated heterocycles. The van der Waals surface area contributed by atoms with Crippen LogP contribution in [-0.2, 0) is 17.9 Å². The summed E-state index contributed by atoms with van der Waals surface area (Å²) in [6, 6.07) is 17.9. The number of para-hydroxylation sites is 1. The Balaban J connectivity index is 1.24. The molecular weight excluding hydrogens is 388 g/mol. The highest BCUT2D eigenvalue weighted by Crippen LogP contribution is 2.18. The molecule has 1 atom stereocenters. The summed E-state index contributed by atoms with van der Waals surface area (Å²) < 4.78 is 0. The highest BCUT2D eigenvalue weighted by Gasteiger charge is 2.28. The highest BCUT2D eigenvalue weighted by atomic mass is 16.2. The summed E-state index contributed by atoms with van der Waals surface area (Å²) in [6.07, 6.45) is 4.34. The molecule has 4 rings (SSSR count). The molecule has 2 aliphatic rings. The van der Waals surface area contributed by atoms with Gasteiger partial charge in [0.1, 0.15) is 6.54 Å². The average Bonchev–Trinajstić information content (AvgIpc) is 3.32. The summed E-state index contributed by atoms with van der Waals surface area (Å²) in [7, 11) is 0. The van der Waals surface area contributed by atoms with Crippen molar-refractivity contribution in [2.24, 2.45) is 5.92 Å². The normalized spacial score (nSPS) is 19.2. The Morgan fingerprint density at radius 1 is 0.935 bits per heavy atom. The molecule has 3 amide bonds. The predicted octanol–water partition coefficient (Wildman–Crippen LogP) is 2.43. The zero-order valence-electron chi connectivity index (χ0n) is 18.1.